The molecule has 4 nitrogen and oxygen atoms in total. The summed E-state index contributed by atoms with van der Waals surface area (Å²) in [6, 6.07) is 17.2. The minimum atomic E-state index is 0.00121. The van der Waals surface area contributed by atoms with Gasteiger partial charge in [0.15, 0.2) is 11.5 Å². The normalized spacial score (nSPS) is 19.3. The third-order valence-corrected chi connectivity index (χ3v) is 6.31. The topological polar surface area (TPSA) is 44.3 Å². The summed E-state index contributed by atoms with van der Waals surface area (Å²) in [5.74, 6) is 3.00. The SMILES string of the molecule is COc1ccc(C[NH2+]CC[C@H](Cc2ccccc2)[C@@H]2CCOC(C)(C)C2)cc1OC. The van der Waals surface area contributed by atoms with Crippen LogP contribution in [-0.4, -0.2) is 33.0 Å². The number of ether oxygens (including phenoxy) is 3. The first kappa shape index (κ1) is 22.6. The second kappa shape index (κ2) is 10.8. The van der Waals surface area contributed by atoms with Crippen molar-refractivity contribution in [1.29, 1.82) is 0 Å². The zero-order chi connectivity index (χ0) is 21.4. The molecule has 2 aromatic rings. The second-order valence-electron chi connectivity index (χ2n) is 9.07. The Morgan fingerprint density at radius 2 is 1.80 bits per heavy atom. The lowest BCUT2D eigenvalue weighted by Gasteiger charge is -2.39. The Morgan fingerprint density at radius 3 is 2.50 bits per heavy atom. The van der Waals surface area contributed by atoms with Gasteiger partial charge in [0, 0.05) is 12.2 Å². The van der Waals surface area contributed by atoms with Crippen LogP contribution in [0.4, 0.5) is 0 Å². The molecule has 4 heteroatoms. The molecule has 0 bridgehead atoms. The van der Waals surface area contributed by atoms with Crippen LogP contribution in [0.1, 0.15) is 44.2 Å². The van der Waals surface area contributed by atoms with Crippen LogP contribution in [0.2, 0.25) is 0 Å². The van der Waals surface area contributed by atoms with Crippen molar-refractivity contribution < 1.29 is 19.5 Å². The number of hydrogen-bond acceptors (Lipinski definition) is 3. The Balaban J connectivity index is 1.58. The van der Waals surface area contributed by atoms with E-state index in [-0.39, 0.29) is 5.60 Å². The third-order valence-electron chi connectivity index (χ3n) is 6.31. The minimum Gasteiger partial charge on any atom is -0.493 e. The first-order valence-electron chi connectivity index (χ1n) is 11.2. The Hall–Kier alpha value is -2.04. The predicted molar refractivity (Wildman–Crippen MR) is 121 cm³/mol. The summed E-state index contributed by atoms with van der Waals surface area (Å²) >= 11 is 0. The van der Waals surface area contributed by atoms with Crippen molar-refractivity contribution in [2.24, 2.45) is 11.8 Å². The molecule has 1 aliphatic heterocycles. The maximum absolute atomic E-state index is 5.99. The van der Waals surface area contributed by atoms with Crippen molar-refractivity contribution >= 4 is 0 Å². The average Bonchev–Trinajstić information content (AvgIpc) is 2.75. The van der Waals surface area contributed by atoms with Gasteiger partial charge < -0.3 is 19.5 Å². The van der Waals surface area contributed by atoms with Crippen LogP contribution < -0.4 is 14.8 Å². The van der Waals surface area contributed by atoms with Crippen molar-refractivity contribution in [3.63, 3.8) is 0 Å². The fraction of sp³-hybridized carbons (Fsp3) is 0.538. The number of rotatable bonds is 10. The number of hydrogen-bond donors (Lipinski definition) is 1. The molecule has 2 aromatic carbocycles. The second-order valence-corrected chi connectivity index (χ2v) is 9.07. The first-order valence-corrected chi connectivity index (χ1v) is 11.2. The van der Waals surface area contributed by atoms with Gasteiger partial charge >= 0.3 is 0 Å². The highest BCUT2D eigenvalue weighted by molar-refractivity contribution is 5.42. The highest BCUT2D eigenvalue weighted by Crippen LogP contribution is 2.36. The van der Waals surface area contributed by atoms with Crippen molar-refractivity contribution in [2.45, 2.75) is 51.7 Å². The van der Waals surface area contributed by atoms with E-state index < -0.39 is 0 Å². The highest BCUT2D eigenvalue weighted by Gasteiger charge is 2.33. The van der Waals surface area contributed by atoms with Gasteiger partial charge in [-0.25, -0.2) is 0 Å². The summed E-state index contributed by atoms with van der Waals surface area (Å²) < 4.78 is 16.8. The molecule has 1 fully saturated rings. The summed E-state index contributed by atoms with van der Waals surface area (Å²) in [6.07, 6.45) is 4.71. The van der Waals surface area contributed by atoms with Crippen molar-refractivity contribution in [1.82, 2.24) is 0 Å². The standard InChI is InChI=1S/C26H37NO3/c1-26(2)18-23(13-15-30-26)22(16-20-8-6-5-7-9-20)12-14-27-19-21-10-11-24(28-3)25(17-21)29-4/h5-11,17,22-23,27H,12-16,18-19H2,1-4H3/p+1/t22-,23-/m1/s1. The maximum Gasteiger partial charge on any atom is 0.161 e. The molecule has 0 radical (unpaired) electrons. The van der Waals surface area contributed by atoms with Gasteiger partial charge in [0.05, 0.1) is 26.4 Å². The van der Waals surface area contributed by atoms with E-state index in [0.29, 0.717) is 5.92 Å². The van der Waals surface area contributed by atoms with Gasteiger partial charge in [-0.3, -0.25) is 0 Å². The van der Waals surface area contributed by atoms with Gasteiger partial charge in [-0.1, -0.05) is 30.3 Å². The lowest BCUT2D eigenvalue weighted by molar-refractivity contribution is -0.671. The Kier molecular flexibility index (Phi) is 8.17. The van der Waals surface area contributed by atoms with Gasteiger partial charge in [-0.05, 0) is 75.1 Å². The van der Waals surface area contributed by atoms with Gasteiger partial charge in [0.2, 0.25) is 0 Å². The quantitative estimate of drug-likeness (QED) is 0.594. The van der Waals surface area contributed by atoms with Gasteiger partial charge in [-0.15, -0.1) is 0 Å². The average molecular weight is 413 g/mol. The van der Waals surface area contributed by atoms with Crippen LogP contribution in [-0.2, 0) is 17.7 Å². The van der Waals surface area contributed by atoms with E-state index in [1.807, 2.05) is 6.07 Å². The van der Waals surface area contributed by atoms with E-state index in [4.69, 9.17) is 14.2 Å². The van der Waals surface area contributed by atoms with Crippen LogP contribution in [0.15, 0.2) is 48.5 Å². The van der Waals surface area contributed by atoms with Gasteiger partial charge in [-0.2, -0.15) is 0 Å². The molecule has 0 spiro atoms. The van der Waals surface area contributed by atoms with E-state index in [1.165, 1.54) is 24.0 Å². The zero-order valence-electron chi connectivity index (χ0n) is 19.0. The molecule has 30 heavy (non-hydrogen) atoms. The lowest BCUT2D eigenvalue weighted by atomic mass is 9.75. The van der Waals surface area contributed by atoms with Crippen LogP contribution in [0.3, 0.4) is 0 Å². The molecule has 164 valence electrons. The smallest absolute Gasteiger partial charge is 0.161 e. The summed E-state index contributed by atoms with van der Waals surface area (Å²) in [5.41, 5.74) is 2.72. The van der Waals surface area contributed by atoms with Crippen LogP contribution >= 0.6 is 0 Å². The highest BCUT2D eigenvalue weighted by atomic mass is 16.5. The Labute approximate surface area is 181 Å². The van der Waals surface area contributed by atoms with Crippen LogP contribution in [0.25, 0.3) is 0 Å². The summed E-state index contributed by atoms with van der Waals surface area (Å²) in [5, 5.41) is 2.42. The molecule has 0 saturated carbocycles. The summed E-state index contributed by atoms with van der Waals surface area (Å²) in [7, 11) is 3.36. The molecule has 0 amide bonds. The van der Waals surface area contributed by atoms with E-state index >= 15 is 0 Å². The molecule has 1 aliphatic rings. The van der Waals surface area contributed by atoms with Crippen molar-refractivity contribution in [2.75, 3.05) is 27.4 Å². The summed E-state index contributed by atoms with van der Waals surface area (Å²) in [4.78, 5) is 0. The molecule has 2 N–H and O–H groups in total. The number of nitrogens with two attached hydrogens (primary N) is 1. The molecular formula is C26H38NO3+. The predicted octanol–water partition coefficient (Wildman–Crippen LogP) is 4.22. The molecule has 3 rings (SSSR count). The number of methoxy groups -OCH3 is 2. The van der Waals surface area contributed by atoms with E-state index in [0.717, 1.165) is 50.0 Å². The van der Waals surface area contributed by atoms with Crippen molar-refractivity contribution in [3.8, 4) is 11.5 Å². The molecule has 2 atom stereocenters. The Bertz CT molecular complexity index is 775. The monoisotopic (exact) mass is 412 g/mol. The molecular weight excluding hydrogens is 374 g/mol. The van der Waals surface area contributed by atoms with Crippen LogP contribution in [0.5, 0.6) is 11.5 Å². The fourth-order valence-corrected chi connectivity index (χ4v) is 4.71. The van der Waals surface area contributed by atoms with Gasteiger partial charge in [0.25, 0.3) is 0 Å². The van der Waals surface area contributed by atoms with Crippen LogP contribution in [0, 0.1) is 11.8 Å². The number of quaternary nitrogens is 1. The Morgan fingerprint density at radius 1 is 1.03 bits per heavy atom. The first-order chi connectivity index (χ1) is 14.5. The van der Waals surface area contributed by atoms with Crippen molar-refractivity contribution in [3.05, 3.63) is 59.7 Å². The largest absolute Gasteiger partial charge is 0.493 e. The third kappa shape index (κ3) is 6.48. The lowest BCUT2D eigenvalue weighted by Crippen LogP contribution is -2.82. The maximum atomic E-state index is 5.99. The molecule has 0 unspecified atom stereocenters. The molecule has 1 saturated heterocycles. The van der Waals surface area contributed by atoms with E-state index in [1.54, 1.807) is 14.2 Å². The summed E-state index contributed by atoms with van der Waals surface area (Å²) in [6.45, 7) is 7.45. The molecule has 1 heterocycles. The molecule has 0 aromatic heterocycles. The molecule has 0 aliphatic carbocycles. The van der Waals surface area contributed by atoms with E-state index in [2.05, 4.69) is 61.6 Å². The minimum absolute atomic E-state index is 0.00121. The van der Waals surface area contributed by atoms with Gasteiger partial charge in [0.1, 0.15) is 6.54 Å². The fourth-order valence-electron chi connectivity index (χ4n) is 4.71. The zero-order valence-corrected chi connectivity index (χ0v) is 19.0. The number of benzene rings is 2. The van der Waals surface area contributed by atoms with E-state index in [9.17, 15) is 0 Å².